The van der Waals surface area contributed by atoms with Gasteiger partial charge in [-0.15, -0.1) is 0 Å². The summed E-state index contributed by atoms with van der Waals surface area (Å²) < 4.78 is 0. The zero-order valence-electron chi connectivity index (χ0n) is 8.38. The van der Waals surface area contributed by atoms with Crippen molar-refractivity contribution in [3.63, 3.8) is 0 Å². The van der Waals surface area contributed by atoms with Crippen LogP contribution in [-0.2, 0) is 4.79 Å². The molecule has 4 heteroatoms. The van der Waals surface area contributed by atoms with Crippen LogP contribution < -0.4 is 10.6 Å². The Kier molecular flexibility index (Phi) is 5.02. The van der Waals surface area contributed by atoms with Gasteiger partial charge in [-0.2, -0.15) is 5.26 Å². The second-order valence-electron chi connectivity index (χ2n) is 3.56. The van der Waals surface area contributed by atoms with Crippen molar-refractivity contribution in [2.24, 2.45) is 0 Å². The highest BCUT2D eigenvalue weighted by Crippen LogP contribution is 2.04. The van der Waals surface area contributed by atoms with Gasteiger partial charge in [0, 0.05) is 13.0 Å². The molecule has 1 heterocycles. The zero-order valence-corrected chi connectivity index (χ0v) is 8.38. The maximum absolute atomic E-state index is 11.4. The molecule has 1 fully saturated rings. The largest absolute Gasteiger partial charge is 0.355 e. The van der Waals surface area contributed by atoms with Crippen molar-refractivity contribution >= 4 is 5.91 Å². The predicted molar refractivity (Wildman–Crippen MR) is 53.5 cm³/mol. The number of nitriles is 1. The van der Waals surface area contributed by atoms with Crippen molar-refractivity contribution in [1.82, 2.24) is 10.6 Å². The van der Waals surface area contributed by atoms with Crippen LogP contribution in [0.15, 0.2) is 0 Å². The number of nitrogens with one attached hydrogen (secondary N) is 2. The van der Waals surface area contributed by atoms with E-state index in [1.165, 1.54) is 0 Å². The Labute approximate surface area is 84.7 Å². The van der Waals surface area contributed by atoms with Gasteiger partial charge >= 0.3 is 0 Å². The van der Waals surface area contributed by atoms with Crippen molar-refractivity contribution in [3.8, 4) is 6.07 Å². The summed E-state index contributed by atoms with van der Waals surface area (Å²) in [7, 11) is 0. The number of carbonyl (C=O) groups is 1. The van der Waals surface area contributed by atoms with Gasteiger partial charge in [0.2, 0.25) is 5.91 Å². The summed E-state index contributed by atoms with van der Waals surface area (Å²) in [5.41, 5.74) is 0. The van der Waals surface area contributed by atoms with Crippen LogP contribution >= 0.6 is 0 Å². The molecule has 0 bridgehead atoms. The quantitative estimate of drug-likeness (QED) is 0.630. The molecule has 14 heavy (non-hydrogen) atoms. The number of unbranched alkanes of at least 4 members (excludes halogenated alkanes) is 2. The molecular formula is C10H17N3O. The summed E-state index contributed by atoms with van der Waals surface area (Å²) in [6.07, 6.45) is 4.38. The summed E-state index contributed by atoms with van der Waals surface area (Å²) >= 11 is 0. The molecule has 0 unspecified atom stereocenters. The first kappa shape index (κ1) is 11.0. The number of amides is 1. The van der Waals surface area contributed by atoms with Gasteiger partial charge in [0.1, 0.15) is 0 Å². The smallest absolute Gasteiger partial charge is 0.237 e. The molecule has 4 nitrogen and oxygen atoms in total. The number of nitrogens with zero attached hydrogens (tertiary/aromatic N) is 1. The Morgan fingerprint density at radius 2 is 2.43 bits per heavy atom. The summed E-state index contributed by atoms with van der Waals surface area (Å²) in [5.74, 6) is 0.111. The predicted octanol–water partition coefficient (Wildman–Crippen LogP) is 0.548. The molecule has 0 aromatic carbocycles. The molecule has 0 saturated carbocycles. The first-order valence-corrected chi connectivity index (χ1v) is 5.22. The first-order valence-electron chi connectivity index (χ1n) is 5.22. The third-order valence-corrected chi connectivity index (χ3v) is 2.39. The van der Waals surface area contributed by atoms with Crippen LogP contribution in [0.25, 0.3) is 0 Å². The minimum absolute atomic E-state index is 0.0194. The molecule has 0 radical (unpaired) electrons. The molecular weight excluding hydrogens is 178 g/mol. The van der Waals surface area contributed by atoms with Crippen molar-refractivity contribution < 1.29 is 4.79 Å². The van der Waals surface area contributed by atoms with E-state index in [-0.39, 0.29) is 11.9 Å². The van der Waals surface area contributed by atoms with Crippen LogP contribution in [0, 0.1) is 11.3 Å². The average Bonchev–Trinajstić information content (AvgIpc) is 2.70. The Bertz CT molecular complexity index is 216. The molecule has 1 amide bonds. The van der Waals surface area contributed by atoms with E-state index in [0.717, 1.165) is 32.2 Å². The van der Waals surface area contributed by atoms with Gasteiger partial charge in [0.05, 0.1) is 12.1 Å². The van der Waals surface area contributed by atoms with Gasteiger partial charge in [0.15, 0.2) is 0 Å². The standard InChI is InChI=1S/C10H17N3O/c11-6-2-1-3-7-13-10(14)9-5-4-8-12-9/h9,12H,1-5,7-8H2,(H,13,14)/t9-/m0/s1. The van der Waals surface area contributed by atoms with E-state index in [0.29, 0.717) is 13.0 Å². The van der Waals surface area contributed by atoms with Crippen molar-refractivity contribution in [1.29, 1.82) is 5.26 Å². The van der Waals surface area contributed by atoms with Crippen LogP contribution in [0.1, 0.15) is 32.1 Å². The minimum Gasteiger partial charge on any atom is -0.355 e. The highest BCUT2D eigenvalue weighted by Gasteiger charge is 2.20. The highest BCUT2D eigenvalue weighted by atomic mass is 16.2. The molecule has 0 spiro atoms. The van der Waals surface area contributed by atoms with E-state index in [4.69, 9.17) is 5.26 Å². The molecule has 0 aromatic heterocycles. The minimum atomic E-state index is 0.0194. The van der Waals surface area contributed by atoms with Crippen molar-refractivity contribution in [2.45, 2.75) is 38.1 Å². The van der Waals surface area contributed by atoms with E-state index in [9.17, 15) is 4.79 Å². The fraction of sp³-hybridized carbons (Fsp3) is 0.800. The molecule has 1 atom stereocenters. The topological polar surface area (TPSA) is 64.9 Å². The number of hydrogen-bond donors (Lipinski definition) is 2. The highest BCUT2D eigenvalue weighted by molar-refractivity contribution is 5.81. The fourth-order valence-corrected chi connectivity index (χ4v) is 1.57. The van der Waals surface area contributed by atoms with Crippen LogP contribution in [0.2, 0.25) is 0 Å². The molecule has 78 valence electrons. The average molecular weight is 195 g/mol. The SMILES string of the molecule is N#CCCCCNC(=O)[C@@H]1CCCN1. The fourth-order valence-electron chi connectivity index (χ4n) is 1.57. The Hall–Kier alpha value is -1.08. The molecule has 1 saturated heterocycles. The van der Waals surface area contributed by atoms with Gasteiger partial charge in [0.25, 0.3) is 0 Å². The van der Waals surface area contributed by atoms with Crippen LogP contribution in [0.5, 0.6) is 0 Å². The lowest BCUT2D eigenvalue weighted by Crippen LogP contribution is -2.40. The summed E-state index contributed by atoms with van der Waals surface area (Å²) in [6, 6.07) is 2.11. The normalized spacial score (nSPS) is 20.4. The molecule has 0 aliphatic carbocycles. The van der Waals surface area contributed by atoms with E-state index >= 15 is 0 Å². The van der Waals surface area contributed by atoms with Crippen molar-refractivity contribution in [3.05, 3.63) is 0 Å². The molecule has 1 aliphatic rings. The monoisotopic (exact) mass is 195 g/mol. The first-order chi connectivity index (χ1) is 6.84. The van der Waals surface area contributed by atoms with Gasteiger partial charge in [-0.25, -0.2) is 0 Å². The van der Waals surface area contributed by atoms with Gasteiger partial charge in [-0.1, -0.05) is 0 Å². The van der Waals surface area contributed by atoms with E-state index in [1.54, 1.807) is 0 Å². The van der Waals surface area contributed by atoms with E-state index in [1.807, 2.05) is 0 Å². The lowest BCUT2D eigenvalue weighted by Gasteiger charge is -2.10. The molecule has 2 N–H and O–H groups in total. The number of rotatable bonds is 5. The third-order valence-electron chi connectivity index (χ3n) is 2.39. The van der Waals surface area contributed by atoms with Gasteiger partial charge < -0.3 is 10.6 Å². The van der Waals surface area contributed by atoms with Crippen LogP contribution in [-0.4, -0.2) is 25.0 Å². The van der Waals surface area contributed by atoms with E-state index < -0.39 is 0 Å². The maximum Gasteiger partial charge on any atom is 0.237 e. The Morgan fingerprint density at radius 3 is 3.07 bits per heavy atom. The Morgan fingerprint density at radius 1 is 1.57 bits per heavy atom. The lowest BCUT2D eigenvalue weighted by atomic mass is 10.2. The van der Waals surface area contributed by atoms with Crippen LogP contribution in [0.3, 0.4) is 0 Å². The Balaban J connectivity index is 2.00. The molecule has 0 aromatic rings. The second kappa shape index (κ2) is 6.39. The van der Waals surface area contributed by atoms with Crippen molar-refractivity contribution in [2.75, 3.05) is 13.1 Å². The molecule has 1 aliphatic heterocycles. The number of hydrogen-bond acceptors (Lipinski definition) is 3. The summed E-state index contributed by atoms with van der Waals surface area (Å²) in [4.78, 5) is 11.4. The summed E-state index contributed by atoms with van der Waals surface area (Å²) in [5, 5.41) is 14.3. The maximum atomic E-state index is 11.4. The van der Waals surface area contributed by atoms with Crippen LogP contribution in [0.4, 0.5) is 0 Å². The van der Waals surface area contributed by atoms with Gasteiger partial charge in [-0.05, 0) is 32.2 Å². The lowest BCUT2D eigenvalue weighted by molar-refractivity contribution is -0.122. The number of carbonyl (C=O) groups excluding carboxylic acids is 1. The van der Waals surface area contributed by atoms with E-state index in [2.05, 4.69) is 16.7 Å². The zero-order chi connectivity index (χ0) is 10.2. The summed E-state index contributed by atoms with van der Waals surface area (Å²) in [6.45, 7) is 1.64. The third kappa shape index (κ3) is 3.75. The molecule has 1 rings (SSSR count). The van der Waals surface area contributed by atoms with Gasteiger partial charge in [-0.3, -0.25) is 4.79 Å². The second-order valence-corrected chi connectivity index (χ2v) is 3.56.